The van der Waals surface area contributed by atoms with Gasteiger partial charge in [0.2, 0.25) is 0 Å². The number of nitrogens with zero attached hydrogens (tertiary/aromatic N) is 4. The third kappa shape index (κ3) is 5.21. The molecule has 1 saturated heterocycles. The van der Waals surface area contributed by atoms with Crippen LogP contribution in [0.4, 0.5) is 5.69 Å². The number of H-pyrrole nitrogens is 1. The van der Waals surface area contributed by atoms with Crippen LogP contribution in [0.5, 0.6) is 0 Å². The number of carbonyl (C=O) groups excluding carboxylic acids is 1. The number of benzene rings is 1. The number of aromatic amines is 1. The highest BCUT2D eigenvalue weighted by atomic mass is 16.2. The van der Waals surface area contributed by atoms with E-state index >= 15 is 0 Å². The van der Waals surface area contributed by atoms with E-state index < -0.39 is 11.2 Å². The highest BCUT2D eigenvalue weighted by molar-refractivity contribution is 6.05. The summed E-state index contributed by atoms with van der Waals surface area (Å²) in [5.41, 5.74) is 1.59. The van der Waals surface area contributed by atoms with Gasteiger partial charge in [-0.2, -0.15) is 0 Å². The Balaban J connectivity index is 1.30. The molecule has 5 rings (SSSR count). The van der Waals surface area contributed by atoms with Crippen molar-refractivity contribution >= 4 is 22.6 Å². The maximum absolute atomic E-state index is 13.3. The van der Waals surface area contributed by atoms with Gasteiger partial charge in [0.1, 0.15) is 0 Å². The minimum atomic E-state index is -0.563. The zero-order chi connectivity index (χ0) is 25.2. The van der Waals surface area contributed by atoms with Gasteiger partial charge in [0.25, 0.3) is 11.5 Å². The van der Waals surface area contributed by atoms with Crippen molar-refractivity contribution in [2.24, 2.45) is 5.92 Å². The van der Waals surface area contributed by atoms with Gasteiger partial charge in [0.05, 0.1) is 10.9 Å². The van der Waals surface area contributed by atoms with Crippen LogP contribution in [0.15, 0.2) is 46.0 Å². The van der Waals surface area contributed by atoms with Gasteiger partial charge >= 0.3 is 5.69 Å². The van der Waals surface area contributed by atoms with Gasteiger partial charge in [-0.05, 0) is 37.0 Å². The Labute approximate surface area is 210 Å². The van der Waals surface area contributed by atoms with Gasteiger partial charge in [-0.15, -0.1) is 0 Å². The number of piperazine rings is 1. The predicted molar refractivity (Wildman–Crippen MR) is 141 cm³/mol. The molecule has 9 heteroatoms. The molecule has 9 nitrogen and oxygen atoms in total. The zero-order valence-corrected chi connectivity index (χ0v) is 21.0. The van der Waals surface area contributed by atoms with E-state index in [2.05, 4.69) is 44.4 Å². The summed E-state index contributed by atoms with van der Waals surface area (Å²) in [6, 6.07) is 12.1. The zero-order valence-electron chi connectivity index (χ0n) is 21.0. The second-order valence-corrected chi connectivity index (χ2v) is 10.3. The molecule has 0 unspecified atom stereocenters. The maximum Gasteiger partial charge on any atom is 0.330 e. The molecule has 2 aromatic heterocycles. The van der Waals surface area contributed by atoms with E-state index in [-0.39, 0.29) is 23.1 Å². The smallest absolute Gasteiger partial charge is 0.330 e. The molecule has 1 aromatic carbocycles. The van der Waals surface area contributed by atoms with E-state index in [4.69, 9.17) is 4.98 Å². The lowest BCUT2D eigenvalue weighted by atomic mass is 10.1. The second-order valence-electron chi connectivity index (χ2n) is 10.3. The molecule has 1 aliphatic carbocycles. The lowest BCUT2D eigenvalue weighted by molar-refractivity contribution is 0.0949. The number of rotatable bonds is 8. The number of para-hydroxylation sites is 1. The molecule has 1 aliphatic heterocycles. The predicted octanol–water partition coefficient (Wildman–Crippen LogP) is 2.17. The van der Waals surface area contributed by atoms with Crippen LogP contribution < -0.4 is 21.5 Å². The third-order valence-corrected chi connectivity index (χ3v) is 6.96. The Kier molecular flexibility index (Phi) is 6.91. The topological polar surface area (TPSA) is 103 Å². The van der Waals surface area contributed by atoms with E-state index in [0.717, 1.165) is 51.3 Å². The minimum Gasteiger partial charge on any atom is -0.369 e. The van der Waals surface area contributed by atoms with Gasteiger partial charge in [0.15, 0.2) is 5.65 Å². The number of amides is 1. The largest absolute Gasteiger partial charge is 0.369 e. The molecule has 2 fully saturated rings. The molecule has 1 amide bonds. The van der Waals surface area contributed by atoms with Crippen molar-refractivity contribution in [1.29, 1.82) is 0 Å². The molecule has 3 heterocycles. The molecule has 3 aromatic rings. The third-order valence-electron chi connectivity index (χ3n) is 6.96. The van der Waals surface area contributed by atoms with Crippen molar-refractivity contribution < 1.29 is 4.79 Å². The van der Waals surface area contributed by atoms with Gasteiger partial charge in [0, 0.05) is 63.1 Å². The van der Waals surface area contributed by atoms with Crippen molar-refractivity contribution in [2.45, 2.75) is 39.2 Å². The van der Waals surface area contributed by atoms with Crippen LogP contribution in [0.2, 0.25) is 0 Å². The highest BCUT2D eigenvalue weighted by Crippen LogP contribution is 2.39. The van der Waals surface area contributed by atoms with Crippen molar-refractivity contribution in [1.82, 2.24) is 24.8 Å². The van der Waals surface area contributed by atoms with Crippen LogP contribution >= 0.6 is 0 Å². The maximum atomic E-state index is 13.3. The molecule has 0 bridgehead atoms. The number of carbonyl (C=O) groups is 1. The Morgan fingerprint density at radius 3 is 2.50 bits per heavy atom. The summed E-state index contributed by atoms with van der Waals surface area (Å²) in [4.78, 5) is 50.5. The number of hydrogen-bond donors (Lipinski definition) is 2. The Bertz CT molecular complexity index is 1350. The normalized spacial score (nSPS) is 16.6. The van der Waals surface area contributed by atoms with Gasteiger partial charge < -0.3 is 10.2 Å². The van der Waals surface area contributed by atoms with Gasteiger partial charge in [-0.3, -0.25) is 24.0 Å². The monoisotopic (exact) mass is 490 g/mol. The van der Waals surface area contributed by atoms with Crippen LogP contribution in [0, 0.1) is 5.92 Å². The van der Waals surface area contributed by atoms with Gasteiger partial charge in [-0.1, -0.05) is 32.0 Å². The van der Waals surface area contributed by atoms with Crippen molar-refractivity contribution in [3.8, 4) is 0 Å². The molecule has 36 heavy (non-hydrogen) atoms. The van der Waals surface area contributed by atoms with Gasteiger partial charge in [-0.25, -0.2) is 9.78 Å². The fourth-order valence-electron chi connectivity index (χ4n) is 4.89. The summed E-state index contributed by atoms with van der Waals surface area (Å²) in [6.45, 7) is 9.39. The Morgan fingerprint density at radius 1 is 1.11 bits per heavy atom. The first-order chi connectivity index (χ1) is 17.4. The summed E-state index contributed by atoms with van der Waals surface area (Å²) in [5, 5.41) is 3.20. The van der Waals surface area contributed by atoms with E-state index in [0.29, 0.717) is 24.3 Å². The first-order valence-electron chi connectivity index (χ1n) is 12.9. The molecule has 2 aliphatic rings. The van der Waals surface area contributed by atoms with Crippen LogP contribution in [-0.4, -0.2) is 64.6 Å². The van der Waals surface area contributed by atoms with E-state index in [9.17, 15) is 14.4 Å². The minimum absolute atomic E-state index is 0.183. The molecule has 0 radical (unpaired) electrons. The number of pyridine rings is 1. The Morgan fingerprint density at radius 2 is 1.83 bits per heavy atom. The fraction of sp³-hybridized carbons (Fsp3) is 0.481. The quantitative estimate of drug-likeness (QED) is 0.502. The summed E-state index contributed by atoms with van der Waals surface area (Å²) in [6.07, 6.45) is 2.01. The number of anilines is 1. The summed E-state index contributed by atoms with van der Waals surface area (Å²) < 4.78 is 1.50. The lowest BCUT2D eigenvalue weighted by Crippen LogP contribution is -2.48. The van der Waals surface area contributed by atoms with Crippen LogP contribution in [0.1, 0.15) is 48.7 Å². The standard InChI is InChI=1S/C27H34N6O3/c1-18(2)17-33-24-23(26(35)30-27(33)36)21(16-22(29-24)19-8-9-19)25(34)28-10-11-31-12-14-32(15-13-31)20-6-4-3-5-7-20/h3-7,16,18-19H,8-15,17H2,1-2H3,(H,28,34)(H,30,35,36). The fourth-order valence-corrected chi connectivity index (χ4v) is 4.89. The van der Waals surface area contributed by atoms with Crippen LogP contribution in [0.25, 0.3) is 11.0 Å². The number of nitrogens with one attached hydrogen (secondary N) is 2. The van der Waals surface area contributed by atoms with E-state index in [1.54, 1.807) is 6.07 Å². The molecule has 190 valence electrons. The molecule has 0 spiro atoms. The average Bonchev–Trinajstić information content (AvgIpc) is 3.72. The molecular weight excluding hydrogens is 456 g/mol. The molecule has 0 atom stereocenters. The highest BCUT2D eigenvalue weighted by Gasteiger charge is 2.29. The number of fused-ring (bicyclic) bond motifs is 1. The van der Waals surface area contributed by atoms with E-state index in [1.807, 2.05) is 19.9 Å². The van der Waals surface area contributed by atoms with Crippen LogP contribution in [-0.2, 0) is 6.54 Å². The molecule has 1 saturated carbocycles. The average molecular weight is 491 g/mol. The summed E-state index contributed by atoms with van der Waals surface area (Å²) in [5.74, 6) is 0.166. The first-order valence-corrected chi connectivity index (χ1v) is 12.9. The SMILES string of the molecule is CC(C)Cn1c(=O)[nH]c(=O)c2c(C(=O)NCCN3CCN(c4ccccc4)CC3)cc(C3CC3)nc21. The molecule has 2 N–H and O–H groups in total. The number of aromatic nitrogens is 3. The number of hydrogen-bond acceptors (Lipinski definition) is 6. The Hall–Kier alpha value is -3.46. The van der Waals surface area contributed by atoms with Crippen LogP contribution in [0.3, 0.4) is 0 Å². The summed E-state index contributed by atoms with van der Waals surface area (Å²) in [7, 11) is 0. The first kappa shape index (κ1) is 24.2. The lowest BCUT2D eigenvalue weighted by Gasteiger charge is -2.36. The molecular formula is C27H34N6O3. The summed E-state index contributed by atoms with van der Waals surface area (Å²) >= 11 is 0. The van der Waals surface area contributed by atoms with Crippen molar-refractivity contribution in [2.75, 3.05) is 44.2 Å². The van der Waals surface area contributed by atoms with E-state index in [1.165, 1.54) is 10.3 Å². The van der Waals surface area contributed by atoms with Crippen molar-refractivity contribution in [3.63, 3.8) is 0 Å². The second kappa shape index (κ2) is 10.3. The van der Waals surface area contributed by atoms with Crippen molar-refractivity contribution in [3.05, 3.63) is 68.5 Å².